The predicted molar refractivity (Wildman–Crippen MR) is 168 cm³/mol. The molecular formula is C34H44N2O5Si. The van der Waals surface area contributed by atoms with E-state index in [4.69, 9.17) is 13.9 Å². The number of ether oxygens (including phenoxy) is 2. The molecule has 42 heavy (non-hydrogen) atoms. The maximum Gasteiger partial charge on any atom is 0.410 e. The van der Waals surface area contributed by atoms with Gasteiger partial charge < -0.3 is 24.1 Å². The first-order valence-electron chi connectivity index (χ1n) is 14.6. The van der Waals surface area contributed by atoms with Crippen molar-refractivity contribution in [3.8, 4) is 0 Å². The molecule has 0 spiro atoms. The Morgan fingerprint density at radius 2 is 1.33 bits per heavy atom. The highest BCUT2D eigenvalue weighted by molar-refractivity contribution is 6.99. The molecule has 2 amide bonds. The van der Waals surface area contributed by atoms with E-state index in [-0.39, 0.29) is 23.8 Å². The first-order chi connectivity index (χ1) is 19.9. The molecule has 0 aromatic heterocycles. The van der Waals surface area contributed by atoms with Gasteiger partial charge in [0.15, 0.2) is 0 Å². The van der Waals surface area contributed by atoms with Crippen molar-refractivity contribution in [2.24, 2.45) is 0 Å². The van der Waals surface area contributed by atoms with Gasteiger partial charge in [-0.2, -0.15) is 0 Å². The number of carbonyl (C=O) groups excluding carboxylic acids is 2. The van der Waals surface area contributed by atoms with E-state index in [9.17, 15) is 9.59 Å². The zero-order chi connectivity index (χ0) is 30.4. The van der Waals surface area contributed by atoms with Gasteiger partial charge in [-0.05, 0) is 48.2 Å². The molecule has 4 rings (SSSR count). The Hall–Kier alpha value is -3.62. The molecule has 2 atom stereocenters. The molecular weight excluding hydrogens is 544 g/mol. The molecule has 0 saturated carbocycles. The molecule has 1 N–H and O–H groups in total. The van der Waals surface area contributed by atoms with E-state index >= 15 is 0 Å². The zero-order valence-electron chi connectivity index (χ0n) is 25.6. The van der Waals surface area contributed by atoms with Crippen LogP contribution >= 0.6 is 0 Å². The van der Waals surface area contributed by atoms with Crippen LogP contribution < -0.4 is 15.7 Å². The Morgan fingerprint density at radius 3 is 1.83 bits per heavy atom. The van der Waals surface area contributed by atoms with E-state index in [2.05, 4.69) is 74.6 Å². The average molecular weight is 589 g/mol. The summed E-state index contributed by atoms with van der Waals surface area (Å²) in [6.45, 7) is 13.1. The van der Waals surface area contributed by atoms with E-state index in [1.165, 1.54) is 0 Å². The summed E-state index contributed by atoms with van der Waals surface area (Å²) in [5.41, 5.74) is 0.250. The van der Waals surface area contributed by atoms with Crippen LogP contribution in [0.3, 0.4) is 0 Å². The first-order valence-corrected chi connectivity index (χ1v) is 16.5. The summed E-state index contributed by atoms with van der Waals surface area (Å²) in [6, 6.07) is 30.0. The van der Waals surface area contributed by atoms with Crippen LogP contribution in [0.25, 0.3) is 0 Å². The van der Waals surface area contributed by atoms with Gasteiger partial charge in [0.2, 0.25) is 0 Å². The summed E-state index contributed by atoms with van der Waals surface area (Å²) in [5.74, 6) is 0. The third-order valence-electron chi connectivity index (χ3n) is 7.36. The fraction of sp³-hybridized carbons (Fsp3) is 0.412. The van der Waals surface area contributed by atoms with Crippen molar-refractivity contribution < 1.29 is 23.5 Å². The highest BCUT2D eigenvalue weighted by atomic mass is 28.4. The number of hydrogen-bond acceptors (Lipinski definition) is 5. The number of amides is 2. The van der Waals surface area contributed by atoms with E-state index in [1.807, 2.05) is 63.2 Å². The number of rotatable bonds is 7. The lowest BCUT2D eigenvalue weighted by Gasteiger charge is -2.48. The van der Waals surface area contributed by atoms with Gasteiger partial charge in [0, 0.05) is 13.1 Å². The minimum atomic E-state index is -2.90. The van der Waals surface area contributed by atoms with Crippen molar-refractivity contribution in [1.82, 2.24) is 10.2 Å². The Morgan fingerprint density at radius 1 is 0.810 bits per heavy atom. The fourth-order valence-electron chi connectivity index (χ4n) is 5.59. The van der Waals surface area contributed by atoms with Gasteiger partial charge in [-0.1, -0.05) is 112 Å². The van der Waals surface area contributed by atoms with Gasteiger partial charge in [-0.25, -0.2) is 9.59 Å². The minimum Gasteiger partial charge on any atom is -0.445 e. The number of likely N-dealkylation sites (tertiary alicyclic amines) is 1. The van der Waals surface area contributed by atoms with E-state index in [0.29, 0.717) is 19.5 Å². The van der Waals surface area contributed by atoms with E-state index < -0.39 is 26.1 Å². The minimum absolute atomic E-state index is 0.164. The number of piperidine rings is 1. The maximum absolute atomic E-state index is 13.3. The smallest absolute Gasteiger partial charge is 0.410 e. The van der Waals surface area contributed by atoms with Gasteiger partial charge in [-0.15, -0.1) is 0 Å². The lowest BCUT2D eigenvalue weighted by atomic mass is 10.0. The molecule has 1 heterocycles. The molecule has 0 bridgehead atoms. The van der Waals surface area contributed by atoms with Gasteiger partial charge in [-0.3, -0.25) is 0 Å². The molecule has 0 aliphatic carbocycles. The maximum atomic E-state index is 13.3. The Kier molecular flexibility index (Phi) is 9.79. The van der Waals surface area contributed by atoms with Crippen LogP contribution in [0.15, 0.2) is 91.0 Å². The van der Waals surface area contributed by atoms with E-state index in [1.54, 1.807) is 4.90 Å². The molecule has 7 nitrogen and oxygen atoms in total. The van der Waals surface area contributed by atoms with Gasteiger partial charge in [0.1, 0.15) is 12.2 Å². The van der Waals surface area contributed by atoms with Crippen molar-refractivity contribution in [2.45, 2.75) is 77.4 Å². The topological polar surface area (TPSA) is 77.1 Å². The standard InChI is InChI=1S/C34H44N2O5Si/c1-33(2,3)40-32(38)36-23-27(35-31(37)39-25-26-16-10-7-11-17-26)22-28(24-36)41-42(34(4,5)6,29-18-12-8-13-19-29)30-20-14-9-15-21-30/h7-21,27-28H,22-25H2,1-6H3,(H,35,37)/t27-,28-/m1/s1. The zero-order valence-corrected chi connectivity index (χ0v) is 26.6. The molecule has 1 aliphatic rings. The van der Waals surface area contributed by atoms with Crippen LogP contribution in [0, 0.1) is 0 Å². The molecule has 1 saturated heterocycles. The number of alkyl carbamates (subject to hydrolysis) is 1. The van der Waals surface area contributed by atoms with Crippen molar-refractivity contribution in [2.75, 3.05) is 13.1 Å². The largest absolute Gasteiger partial charge is 0.445 e. The normalized spacial score (nSPS) is 17.8. The van der Waals surface area contributed by atoms with Crippen LogP contribution in [-0.4, -0.2) is 56.2 Å². The average Bonchev–Trinajstić information content (AvgIpc) is 2.94. The lowest BCUT2D eigenvalue weighted by molar-refractivity contribution is 0.000358. The third kappa shape index (κ3) is 7.80. The molecule has 1 aliphatic heterocycles. The summed E-state index contributed by atoms with van der Waals surface area (Å²) < 4.78 is 18.6. The second-order valence-corrected chi connectivity index (χ2v) is 17.2. The quantitative estimate of drug-likeness (QED) is 0.350. The third-order valence-corrected chi connectivity index (χ3v) is 12.5. The van der Waals surface area contributed by atoms with E-state index in [0.717, 1.165) is 15.9 Å². The second-order valence-electron chi connectivity index (χ2n) is 12.9. The second kappa shape index (κ2) is 13.1. The summed E-state index contributed by atoms with van der Waals surface area (Å²) in [6.07, 6.45) is -0.775. The summed E-state index contributed by atoms with van der Waals surface area (Å²) in [7, 11) is -2.90. The highest BCUT2D eigenvalue weighted by Gasteiger charge is 2.52. The number of hydrogen-bond donors (Lipinski definition) is 1. The highest BCUT2D eigenvalue weighted by Crippen LogP contribution is 2.38. The lowest BCUT2D eigenvalue weighted by Crippen LogP contribution is -2.69. The van der Waals surface area contributed by atoms with Crippen molar-refractivity contribution in [3.05, 3.63) is 96.6 Å². The van der Waals surface area contributed by atoms with Gasteiger partial charge >= 0.3 is 12.2 Å². The van der Waals surface area contributed by atoms with Crippen LogP contribution in [0.1, 0.15) is 53.5 Å². The first kappa shape index (κ1) is 31.3. The van der Waals surface area contributed by atoms with Crippen LogP contribution in [-0.2, 0) is 20.5 Å². The van der Waals surface area contributed by atoms with Gasteiger partial charge in [0.25, 0.3) is 8.32 Å². The molecule has 8 heteroatoms. The van der Waals surface area contributed by atoms with Crippen molar-refractivity contribution in [3.63, 3.8) is 0 Å². The summed E-state index contributed by atoms with van der Waals surface area (Å²) in [5, 5.41) is 5.08. The van der Waals surface area contributed by atoms with Crippen molar-refractivity contribution in [1.29, 1.82) is 0 Å². The summed E-state index contributed by atoms with van der Waals surface area (Å²) >= 11 is 0. The van der Waals surface area contributed by atoms with Crippen LogP contribution in [0.2, 0.25) is 5.04 Å². The number of carbonyl (C=O) groups is 2. The fourth-order valence-corrected chi connectivity index (χ4v) is 10.3. The molecule has 0 radical (unpaired) electrons. The molecule has 3 aromatic rings. The Bertz CT molecular complexity index is 1270. The van der Waals surface area contributed by atoms with Crippen LogP contribution in [0.4, 0.5) is 9.59 Å². The predicted octanol–water partition coefficient (Wildman–Crippen LogP) is 5.87. The molecule has 3 aromatic carbocycles. The van der Waals surface area contributed by atoms with Gasteiger partial charge in [0.05, 0.1) is 12.1 Å². The Balaban J connectivity index is 1.64. The number of benzene rings is 3. The molecule has 1 fully saturated rings. The number of nitrogens with zero attached hydrogens (tertiary/aromatic N) is 1. The monoisotopic (exact) mass is 588 g/mol. The molecule has 0 unspecified atom stereocenters. The van der Waals surface area contributed by atoms with Crippen molar-refractivity contribution >= 4 is 30.9 Å². The van der Waals surface area contributed by atoms with Crippen LogP contribution in [0.5, 0.6) is 0 Å². The summed E-state index contributed by atoms with van der Waals surface area (Å²) in [4.78, 5) is 27.9. The SMILES string of the molecule is CC(C)(C)OC(=O)N1C[C@H](NC(=O)OCc2ccccc2)C[C@@H](O[Si](c2ccccc2)(c2ccccc2)C(C)(C)C)C1. The number of nitrogens with one attached hydrogen (secondary N) is 1. The Labute approximate surface area is 251 Å². The molecule has 224 valence electrons.